The fraction of sp³-hybridized carbons (Fsp3) is 0.125. The van der Waals surface area contributed by atoms with E-state index in [4.69, 9.17) is 0 Å². The van der Waals surface area contributed by atoms with Gasteiger partial charge in [0.2, 0.25) is 0 Å². The van der Waals surface area contributed by atoms with Crippen LogP contribution in [0.4, 0.5) is 0 Å². The third-order valence-electron chi connectivity index (χ3n) is 6.75. The van der Waals surface area contributed by atoms with Gasteiger partial charge >= 0.3 is 5.97 Å². The van der Waals surface area contributed by atoms with E-state index in [9.17, 15) is 14.7 Å². The van der Waals surface area contributed by atoms with Crippen LogP contribution in [0.1, 0.15) is 51.2 Å². The molecule has 0 aliphatic carbocycles. The maximum atomic E-state index is 13.0. The molecule has 37 heavy (non-hydrogen) atoms. The van der Waals surface area contributed by atoms with E-state index < -0.39 is 5.97 Å². The molecule has 1 aromatic heterocycles. The number of aromatic nitrogens is 1. The molecule has 5 nitrogen and oxygen atoms in total. The summed E-state index contributed by atoms with van der Waals surface area (Å²) in [5.41, 5.74) is 6.21. The van der Waals surface area contributed by atoms with Crippen LogP contribution in [0.2, 0.25) is 0 Å². The number of carbonyl (C=O) groups excluding carboxylic acids is 1. The Bertz CT molecular complexity index is 1550. The standard InChI is InChI=1S/C32H28N2O3/c1-2-29(23-8-4-3-5-9-23)33-31(35)26-16-17-30-25(20-26)18-19-34(30)21-27-10-6-7-11-28(27)22-12-14-24(15-13-22)32(36)37/h3-20,29H,2,21H2,1H3,(H,33,35)(H,36,37)/t29-/m1/s1. The predicted octanol–water partition coefficient (Wildman–Crippen LogP) is 6.94. The molecular weight excluding hydrogens is 460 g/mol. The molecule has 0 unspecified atom stereocenters. The van der Waals surface area contributed by atoms with Crippen molar-refractivity contribution in [3.63, 3.8) is 0 Å². The highest BCUT2D eigenvalue weighted by atomic mass is 16.4. The van der Waals surface area contributed by atoms with E-state index in [1.54, 1.807) is 12.1 Å². The van der Waals surface area contributed by atoms with Gasteiger partial charge in [-0.2, -0.15) is 0 Å². The van der Waals surface area contributed by atoms with E-state index in [0.29, 0.717) is 12.1 Å². The summed E-state index contributed by atoms with van der Waals surface area (Å²) in [5, 5.41) is 13.4. The van der Waals surface area contributed by atoms with Crippen molar-refractivity contribution in [1.29, 1.82) is 0 Å². The van der Waals surface area contributed by atoms with Crippen LogP contribution < -0.4 is 5.32 Å². The van der Waals surface area contributed by atoms with Crippen molar-refractivity contribution in [2.75, 3.05) is 0 Å². The molecule has 0 saturated carbocycles. The number of carbonyl (C=O) groups is 2. The molecule has 5 heteroatoms. The number of nitrogens with zero attached hydrogens (tertiary/aromatic N) is 1. The summed E-state index contributed by atoms with van der Waals surface area (Å²) in [6, 6.07) is 32.9. The van der Waals surface area contributed by atoms with E-state index in [-0.39, 0.29) is 17.5 Å². The molecule has 0 saturated heterocycles. The van der Waals surface area contributed by atoms with Gasteiger partial charge in [-0.25, -0.2) is 4.79 Å². The molecule has 1 atom stereocenters. The van der Waals surface area contributed by atoms with Crippen molar-refractivity contribution in [3.8, 4) is 11.1 Å². The summed E-state index contributed by atoms with van der Waals surface area (Å²) in [7, 11) is 0. The average molecular weight is 489 g/mol. The third-order valence-corrected chi connectivity index (χ3v) is 6.75. The predicted molar refractivity (Wildman–Crippen MR) is 147 cm³/mol. The smallest absolute Gasteiger partial charge is 0.335 e. The second kappa shape index (κ2) is 10.5. The molecule has 0 spiro atoms. The van der Waals surface area contributed by atoms with Crippen LogP contribution in [0, 0.1) is 0 Å². The zero-order valence-electron chi connectivity index (χ0n) is 20.6. The zero-order chi connectivity index (χ0) is 25.8. The summed E-state index contributed by atoms with van der Waals surface area (Å²) in [5.74, 6) is -1.02. The molecule has 5 rings (SSSR count). The van der Waals surface area contributed by atoms with Crippen molar-refractivity contribution >= 4 is 22.8 Å². The van der Waals surface area contributed by atoms with Crippen LogP contribution in [0.25, 0.3) is 22.0 Å². The first-order chi connectivity index (χ1) is 18.0. The van der Waals surface area contributed by atoms with Gasteiger partial charge in [0, 0.05) is 29.2 Å². The Balaban J connectivity index is 1.38. The molecule has 2 N–H and O–H groups in total. The number of carboxylic acids is 1. The number of nitrogens with one attached hydrogen (secondary N) is 1. The topological polar surface area (TPSA) is 71.3 Å². The Morgan fingerprint density at radius 1 is 0.838 bits per heavy atom. The minimum atomic E-state index is -0.933. The Hall–Kier alpha value is -4.64. The lowest BCUT2D eigenvalue weighted by atomic mass is 9.98. The van der Waals surface area contributed by atoms with Gasteiger partial charge in [0.1, 0.15) is 0 Å². The monoisotopic (exact) mass is 488 g/mol. The molecule has 5 aromatic rings. The van der Waals surface area contributed by atoms with Gasteiger partial charge in [-0.15, -0.1) is 0 Å². The molecule has 1 amide bonds. The van der Waals surface area contributed by atoms with Crippen molar-refractivity contribution in [3.05, 3.63) is 132 Å². The van der Waals surface area contributed by atoms with E-state index in [1.165, 1.54) is 0 Å². The lowest BCUT2D eigenvalue weighted by Gasteiger charge is -2.17. The fourth-order valence-electron chi connectivity index (χ4n) is 4.74. The highest BCUT2D eigenvalue weighted by Crippen LogP contribution is 2.27. The quantitative estimate of drug-likeness (QED) is 0.249. The van der Waals surface area contributed by atoms with Crippen molar-refractivity contribution in [1.82, 2.24) is 9.88 Å². The van der Waals surface area contributed by atoms with Gasteiger partial charge in [-0.3, -0.25) is 4.79 Å². The highest BCUT2D eigenvalue weighted by molar-refractivity contribution is 5.98. The van der Waals surface area contributed by atoms with Gasteiger partial charge in [0.15, 0.2) is 0 Å². The number of aromatic carboxylic acids is 1. The first-order valence-electron chi connectivity index (χ1n) is 12.4. The third kappa shape index (κ3) is 5.16. The van der Waals surface area contributed by atoms with Crippen molar-refractivity contribution in [2.45, 2.75) is 25.9 Å². The van der Waals surface area contributed by atoms with Gasteiger partial charge in [0.05, 0.1) is 11.6 Å². The van der Waals surface area contributed by atoms with E-state index in [0.717, 1.165) is 39.6 Å². The molecule has 0 fully saturated rings. The maximum absolute atomic E-state index is 13.0. The fourth-order valence-corrected chi connectivity index (χ4v) is 4.74. The number of fused-ring (bicyclic) bond motifs is 1. The van der Waals surface area contributed by atoms with E-state index in [2.05, 4.69) is 28.9 Å². The Morgan fingerprint density at radius 3 is 2.27 bits per heavy atom. The number of hydrogen-bond donors (Lipinski definition) is 2. The van der Waals surface area contributed by atoms with Crippen LogP contribution in [-0.4, -0.2) is 21.6 Å². The second-order valence-electron chi connectivity index (χ2n) is 9.10. The van der Waals surface area contributed by atoms with Crippen LogP contribution >= 0.6 is 0 Å². The minimum absolute atomic E-state index is 0.0324. The Morgan fingerprint density at radius 2 is 1.54 bits per heavy atom. The van der Waals surface area contributed by atoms with Crippen LogP contribution in [0.5, 0.6) is 0 Å². The van der Waals surface area contributed by atoms with E-state index in [1.807, 2.05) is 85.1 Å². The summed E-state index contributed by atoms with van der Waals surface area (Å²) < 4.78 is 2.17. The van der Waals surface area contributed by atoms with Crippen LogP contribution in [0.3, 0.4) is 0 Å². The Kier molecular flexibility index (Phi) is 6.86. The molecule has 184 valence electrons. The number of rotatable bonds is 8. The largest absolute Gasteiger partial charge is 0.478 e. The molecule has 0 radical (unpaired) electrons. The van der Waals surface area contributed by atoms with Crippen molar-refractivity contribution < 1.29 is 14.7 Å². The van der Waals surface area contributed by atoms with E-state index >= 15 is 0 Å². The molecule has 1 heterocycles. The highest BCUT2D eigenvalue weighted by Gasteiger charge is 2.15. The van der Waals surface area contributed by atoms with Gasteiger partial charge in [-0.1, -0.05) is 73.7 Å². The lowest BCUT2D eigenvalue weighted by Crippen LogP contribution is -2.28. The molecular formula is C32H28N2O3. The van der Waals surface area contributed by atoms with Gasteiger partial charge < -0.3 is 15.0 Å². The normalized spacial score (nSPS) is 11.8. The summed E-state index contributed by atoms with van der Waals surface area (Å²) >= 11 is 0. The summed E-state index contributed by atoms with van der Waals surface area (Å²) in [6.45, 7) is 2.72. The molecule has 0 aliphatic heterocycles. The zero-order valence-corrected chi connectivity index (χ0v) is 20.6. The average Bonchev–Trinajstić information content (AvgIpc) is 3.34. The molecule has 0 aliphatic rings. The number of amides is 1. The van der Waals surface area contributed by atoms with Crippen LogP contribution in [-0.2, 0) is 6.54 Å². The number of hydrogen-bond acceptors (Lipinski definition) is 2. The van der Waals surface area contributed by atoms with Crippen LogP contribution in [0.15, 0.2) is 109 Å². The van der Waals surface area contributed by atoms with Gasteiger partial charge in [0.25, 0.3) is 5.91 Å². The SMILES string of the molecule is CC[C@@H](NC(=O)c1ccc2c(ccn2Cc2ccccc2-c2ccc(C(=O)O)cc2)c1)c1ccccc1. The second-order valence-corrected chi connectivity index (χ2v) is 9.10. The lowest BCUT2D eigenvalue weighted by molar-refractivity contribution is 0.0696. The molecule has 0 bridgehead atoms. The summed E-state index contributed by atoms with van der Waals surface area (Å²) in [6.07, 6.45) is 2.85. The molecule has 4 aromatic carbocycles. The minimum Gasteiger partial charge on any atom is -0.478 e. The van der Waals surface area contributed by atoms with Crippen molar-refractivity contribution in [2.24, 2.45) is 0 Å². The number of carboxylic acid groups (broad SMARTS) is 1. The van der Waals surface area contributed by atoms with Gasteiger partial charge in [-0.05, 0) is 65.1 Å². The maximum Gasteiger partial charge on any atom is 0.335 e. The first kappa shape index (κ1) is 24.1. The summed E-state index contributed by atoms with van der Waals surface area (Å²) in [4.78, 5) is 24.3. The number of benzene rings is 4. The Labute approximate surface area is 216 Å². The first-order valence-corrected chi connectivity index (χ1v) is 12.4.